The molecule has 0 aliphatic rings. The van der Waals surface area contributed by atoms with Crippen LogP contribution in [0, 0.1) is 0 Å². The summed E-state index contributed by atoms with van der Waals surface area (Å²) >= 11 is 0.861. The van der Waals surface area contributed by atoms with Crippen LogP contribution in [-0.2, 0) is 19.1 Å². The molecule has 0 aromatic heterocycles. The van der Waals surface area contributed by atoms with E-state index in [-0.39, 0.29) is 5.12 Å². The molecule has 7 heteroatoms. The topological polar surface area (TPSA) is 92.7 Å². The van der Waals surface area contributed by atoms with Gasteiger partial charge >= 0.3 is 12.1 Å². The molecule has 0 spiro atoms. The van der Waals surface area contributed by atoms with Gasteiger partial charge in [0.25, 0.3) is 0 Å². The molecule has 0 fully saturated rings. The van der Waals surface area contributed by atoms with Gasteiger partial charge in [-0.15, -0.1) is 0 Å². The number of amides is 1. The van der Waals surface area contributed by atoms with Crippen molar-refractivity contribution >= 4 is 28.9 Å². The largest absolute Gasteiger partial charge is 0.480 e. The lowest BCUT2D eigenvalue weighted by atomic mass is 9.92. The molecule has 0 radical (unpaired) electrons. The van der Waals surface area contributed by atoms with Gasteiger partial charge in [-0.05, 0) is 33.3 Å². The summed E-state index contributed by atoms with van der Waals surface area (Å²) in [5.41, 5.74) is -0.141. The quantitative estimate of drug-likeness (QED) is 0.845. The Morgan fingerprint density at radius 2 is 1.67 bits per heavy atom. The normalized spacial score (nSPS) is 15.0. The van der Waals surface area contributed by atoms with Crippen molar-refractivity contribution in [3.63, 3.8) is 0 Å². The number of hydrogen-bond donors (Lipinski definition) is 2. The van der Waals surface area contributed by atoms with E-state index in [1.807, 2.05) is 0 Å². The number of ether oxygens (including phenoxy) is 1. The number of benzene rings is 1. The van der Waals surface area contributed by atoms with E-state index in [2.05, 4.69) is 5.32 Å². The van der Waals surface area contributed by atoms with Crippen LogP contribution >= 0.6 is 11.8 Å². The number of thioether (sulfide) groups is 1. The Labute approximate surface area is 146 Å². The van der Waals surface area contributed by atoms with Crippen molar-refractivity contribution in [3.8, 4) is 0 Å². The van der Waals surface area contributed by atoms with Crippen molar-refractivity contribution in [2.24, 2.45) is 0 Å². The lowest BCUT2D eigenvalue weighted by molar-refractivity contribution is -0.140. The molecule has 0 aliphatic heterocycles. The number of alkyl carbamates (subject to hydrolysis) is 1. The number of carbonyl (C=O) groups is 3. The summed E-state index contributed by atoms with van der Waals surface area (Å²) in [7, 11) is 0. The number of carboxylic acid groups (broad SMARTS) is 1. The van der Waals surface area contributed by atoms with Gasteiger partial charge in [-0.3, -0.25) is 4.79 Å². The van der Waals surface area contributed by atoms with E-state index in [1.54, 1.807) is 58.0 Å². The van der Waals surface area contributed by atoms with Crippen LogP contribution in [-0.4, -0.2) is 33.9 Å². The summed E-state index contributed by atoms with van der Waals surface area (Å²) in [4.78, 5) is 35.6. The minimum atomic E-state index is -1.34. The highest BCUT2D eigenvalue weighted by Crippen LogP contribution is 2.40. The van der Waals surface area contributed by atoms with Crippen molar-refractivity contribution in [2.75, 3.05) is 0 Å². The summed E-state index contributed by atoms with van der Waals surface area (Å²) in [6.07, 6.45) is -0.846. The molecule has 132 valence electrons. The Morgan fingerprint density at radius 1 is 1.12 bits per heavy atom. The molecule has 1 aromatic rings. The van der Waals surface area contributed by atoms with Gasteiger partial charge in [0.05, 0.1) is 4.75 Å². The SMILES string of the molecule is CC(=O)SC(C)(c1ccccc1)C(NC(=O)OC(C)(C)C)C(=O)O. The Balaban J connectivity index is 3.22. The van der Waals surface area contributed by atoms with Gasteiger partial charge in [-0.2, -0.15) is 0 Å². The lowest BCUT2D eigenvalue weighted by Crippen LogP contribution is -2.53. The van der Waals surface area contributed by atoms with Crippen molar-refractivity contribution in [3.05, 3.63) is 35.9 Å². The molecule has 1 rings (SSSR count). The molecule has 1 aromatic carbocycles. The Kier molecular flexibility index (Phi) is 6.42. The first kappa shape index (κ1) is 20.0. The number of carboxylic acids is 1. The first-order valence-corrected chi connectivity index (χ1v) is 8.25. The first-order valence-electron chi connectivity index (χ1n) is 7.43. The van der Waals surface area contributed by atoms with Crippen LogP contribution in [0.5, 0.6) is 0 Å². The van der Waals surface area contributed by atoms with Gasteiger partial charge in [0.2, 0.25) is 0 Å². The Morgan fingerprint density at radius 3 is 2.08 bits per heavy atom. The van der Waals surface area contributed by atoms with Crippen LogP contribution in [0.3, 0.4) is 0 Å². The highest BCUT2D eigenvalue weighted by Gasteiger charge is 2.44. The van der Waals surface area contributed by atoms with Crippen LogP contribution in [0.1, 0.15) is 40.2 Å². The molecule has 0 heterocycles. The molecular weight excluding hydrogens is 330 g/mol. The Hall–Kier alpha value is -2.02. The number of hydrogen-bond acceptors (Lipinski definition) is 5. The van der Waals surface area contributed by atoms with E-state index in [0.29, 0.717) is 5.56 Å². The summed E-state index contributed by atoms with van der Waals surface area (Å²) in [5, 5.41) is 11.8. The summed E-state index contributed by atoms with van der Waals surface area (Å²) < 4.78 is 3.96. The predicted octanol–water partition coefficient (Wildman–Crippen LogP) is 3.16. The molecule has 0 bridgehead atoms. The maximum atomic E-state index is 12.0. The number of rotatable bonds is 5. The average molecular weight is 353 g/mol. The second-order valence-corrected chi connectivity index (χ2v) is 8.11. The van der Waals surface area contributed by atoms with Gasteiger partial charge < -0.3 is 15.2 Å². The zero-order valence-electron chi connectivity index (χ0n) is 14.5. The third-order valence-corrected chi connectivity index (χ3v) is 4.34. The molecule has 2 atom stereocenters. The maximum absolute atomic E-state index is 12.0. The van der Waals surface area contributed by atoms with Gasteiger partial charge in [0.15, 0.2) is 5.12 Å². The summed E-state index contributed by atoms with van der Waals surface area (Å²) in [6.45, 7) is 8.03. The van der Waals surface area contributed by atoms with Crippen LogP contribution in [0.15, 0.2) is 30.3 Å². The average Bonchev–Trinajstić information content (AvgIpc) is 2.42. The zero-order valence-corrected chi connectivity index (χ0v) is 15.3. The van der Waals surface area contributed by atoms with Gasteiger partial charge in [-0.1, -0.05) is 42.1 Å². The van der Waals surface area contributed by atoms with E-state index in [4.69, 9.17) is 4.74 Å². The highest BCUT2D eigenvalue weighted by molar-refractivity contribution is 8.14. The molecule has 0 aliphatic carbocycles. The number of nitrogens with one attached hydrogen (secondary N) is 1. The second-order valence-electron chi connectivity index (χ2n) is 6.48. The van der Waals surface area contributed by atoms with Gasteiger partial charge in [-0.25, -0.2) is 9.59 Å². The van der Waals surface area contributed by atoms with E-state index in [9.17, 15) is 19.5 Å². The lowest BCUT2D eigenvalue weighted by Gasteiger charge is -2.35. The number of carbonyl (C=O) groups excluding carboxylic acids is 2. The molecule has 2 unspecified atom stereocenters. The van der Waals surface area contributed by atoms with Crippen molar-refractivity contribution in [1.29, 1.82) is 0 Å². The van der Waals surface area contributed by atoms with Crippen molar-refractivity contribution in [1.82, 2.24) is 5.32 Å². The summed E-state index contributed by atoms with van der Waals surface area (Å²) in [6, 6.07) is 7.40. The highest BCUT2D eigenvalue weighted by atomic mass is 32.2. The standard InChI is InChI=1S/C17H23NO5S/c1-11(19)24-17(5,12-9-7-6-8-10-12)13(14(20)21)18-15(22)23-16(2,3)4/h6-10,13H,1-5H3,(H,18,22)(H,20,21). The van der Waals surface area contributed by atoms with Crippen molar-refractivity contribution < 1.29 is 24.2 Å². The van der Waals surface area contributed by atoms with Crippen LogP contribution in [0.4, 0.5) is 4.79 Å². The third-order valence-electron chi connectivity index (χ3n) is 3.16. The van der Waals surface area contributed by atoms with E-state index < -0.39 is 28.5 Å². The minimum absolute atomic E-state index is 0.251. The van der Waals surface area contributed by atoms with Crippen LogP contribution in [0.2, 0.25) is 0 Å². The molecule has 1 amide bonds. The Bertz CT molecular complexity index is 611. The third kappa shape index (κ3) is 5.56. The molecule has 0 saturated carbocycles. The maximum Gasteiger partial charge on any atom is 0.408 e. The number of aliphatic carboxylic acids is 1. The predicted molar refractivity (Wildman–Crippen MR) is 92.9 cm³/mol. The van der Waals surface area contributed by atoms with Gasteiger partial charge in [0.1, 0.15) is 11.6 Å². The van der Waals surface area contributed by atoms with E-state index in [1.165, 1.54) is 6.92 Å². The monoisotopic (exact) mass is 353 g/mol. The molecular formula is C17H23NO5S. The fourth-order valence-electron chi connectivity index (χ4n) is 2.21. The van der Waals surface area contributed by atoms with Gasteiger partial charge in [0, 0.05) is 6.92 Å². The minimum Gasteiger partial charge on any atom is -0.480 e. The second kappa shape index (κ2) is 7.70. The fraction of sp³-hybridized carbons (Fsp3) is 0.471. The van der Waals surface area contributed by atoms with E-state index in [0.717, 1.165) is 11.8 Å². The first-order chi connectivity index (χ1) is 11.0. The molecule has 6 nitrogen and oxygen atoms in total. The van der Waals surface area contributed by atoms with Crippen molar-refractivity contribution in [2.45, 2.75) is 51.0 Å². The fourth-order valence-corrected chi connectivity index (χ4v) is 3.34. The molecule has 0 saturated heterocycles. The zero-order chi connectivity index (χ0) is 18.5. The summed E-state index contributed by atoms with van der Waals surface area (Å²) in [5.74, 6) is -1.25. The molecule has 24 heavy (non-hydrogen) atoms. The van der Waals surface area contributed by atoms with Crippen LogP contribution < -0.4 is 5.32 Å². The van der Waals surface area contributed by atoms with E-state index >= 15 is 0 Å². The molecule has 2 N–H and O–H groups in total. The smallest absolute Gasteiger partial charge is 0.408 e. The van der Waals surface area contributed by atoms with Crippen LogP contribution in [0.25, 0.3) is 0 Å².